The molecule has 1 aliphatic carbocycles. The van der Waals surface area contributed by atoms with E-state index in [2.05, 4.69) is 24.3 Å². The van der Waals surface area contributed by atoms with Gasteiger partial charge in [-0.05, 0) is 53.1 Å². The Morgan fingerprint density at radius 3 is 2.24 bits per heavy atom. The highest BCUT2D eigenvalue weighted by Crippen LogP contribution is 2.47. The van der Waals surface area contributed by atoms with Crippen molar-refractivity contribution in [1.29, 1.82) is 5.26 Å². The Hall–Kier alpha value is -3.69. The second-order valence-electron chi connectivity index (χ2n) is 10.5. The summed E-state index contributed by atoms with van der Waals surface area (Å²) in [7, 11) is 0. The lowest BCUT2D eigenvalue weighted by atomic mass is 9.72. The summed E-state index contributed by atoms with van der Waals surface area (Å²) in [6, 6.07) is 22.7. The largest absolute Gasteiger partial charge is 0.448 e. The summed E-state index contributed by atoms with van der Waals surface area (Å²) in [6.45, 7) is 0.252. The van der Waals surface area contributed by atoms with E-state index < -0.39 is 11.4 Å². The highest BCUT2D eigenvalue weighted by atomic mass is 19.1. The van der Waals surface area contributed by atoms with Crippen LogP contribution in [0, 0.1) is 17.1 Å². The van der Waals surface area contributed by atoms with Crippen LogP contribution in [-0.2, 0) is 16.8 Å². The molecule has 2 saturated heterocycles. The number of ether oxygens (including phenoxy) is 1. The molecule has 6 rings (SSSR count). The van der Waals surface area contributed by atoms with E-state index in [0.717, 1.165) is 19.3 Å². The minimum absolute atomic E-state index is 0.0149. The number of hydrogen-bond acceptors (Lipinski definition) is 4. The molecular weight excluding hydrogens is 467 g/mol. The summed E-state index contributed by atoms with van der Waals surface area (Å²) in [6.07, 6.45) is 2.75. The maximum atomic E-state index is 15.0. The van der Waals surface area contributed by atoms with E-state index >= 15 is 0 Å². The molecule has 2 atom stereocenters. The molecule has 188 valence electrons. The number of aliphatic hydroxyl groups is 1. The third-order valence-corrected chi connectivity index (χ3v) is 8.37. The first-order valence-electron chi connectivity index (χ1n) is 13.0. The van der Waals surface area contributed by atoms with E-state index in [1.165, 1.54) is 28.3 Å². The monoisotopic (exact) mass is 496 g/mol. The quantitative estimate of drug-likeness (QED) is 0.478. The van der Waals surface area contributed by atoms with Gasteiger partial charge in [-0.15, -0.1) is 0 Å². The predicted octanol–water partition coefficient (Wildman–Crippen LogP) is 6.05. The molecule has 0 aromatic heterocycles. The Kier molecular flexibility index (Phi) is 5.97. The fourth-order valence-corrected chi connectivity index (χ4v) is 6.75. The van der Waals surface area contributed by atoms with E-state index in [4.69, 9.17) is 10.00 Å². The summed E-state index contributed by atoms with van der Waals surface area (Å²) in [5.41, 5.74) is 4.18. The van der Waals surface area contributed by atoms with E-state index in [-0.39, 0.29) is 55.5 Å². The number of carbonyl (C=O) groups excluding carboxylic acids is 1. The Morgan fingerprint density at radius 1 is 1.03 bits per heavy atom. The lowest BCUT2D eigenvalue weighted by Crippen LogP contribution is -2.59. The van der Waals surface area contributed by atoms with Crippen LogP contribution in [0.25, 0.3) is 11.1 Å². The number of fused-ring (bicyclic) bond motifs is 5. The zero-order valence-electron chi connectivity index (χ0n) is 20.6. The van der Waals surface area contributed by atoms with Gasteiger partial charge >= 0.3 is 6.09 Å². The Labute approximate surface area is 216 Å². The van der Waals surface area contributed by atoms with Crippen LogP contribution in [0.2, 0.25) is 0 Å². The second-order valence-corrected chi connectivity index (χ2v) is 10.5. The molecule has 1 N–H and O–H groups in total. The molecule has 2 bridgehead atoms. The average Bonchev–Trinajstić information content (AvgIpc) is 3.20. The van der Waals surface area contributed by atoms with Gasteiger partial charge in [-0.25, -0.2) is 9.18 Å². The van der Waals surface area contributed by atoms with E-state index in [1.54, 1.807) is 17.0 Å². The van der Waals surface area contributed by atoms with Gasteiger partial charge in [-0.2, -0.15) is 5.26 Å². The number of benzene rings is 3. The molecule has 5 nitrogen and oxygen atoms in total. The van der Waals surface area contributed by atoms with E-state index in [1.807, 2.05) is 30.3 Å². The fourth-order valence-electron chi connectivity index (χ4n) is 6.75. The number of carbonyl (C=O) groups is 1. The van der Waals surface area contributed by atoms with Crippen LogP contribution in [0.3, 0.4) is 0 Å². The van der Waals surface area contributed by atoms with Crippen molar-refractivity contribution in [2.45, 2.75) is 62.1 Å². The van der Waals surface area contributed by atoms with Gasteiger partial charge in [0.15, 0.2) is 0 Å². The average molecular weight is 497 g/mol. The van der Waals surface area contributed by atoms with Crippen LogP contribution >= 0.6 is 0 Å². The molecule has 6 heteroatoms. The Morgan fingerprint density at radius 2 is 1.65 bits per heavy atom. The third kappa shape index (κ3) is 4.08. The van der Waals surface area contributed by atoms with Gasteiger partial charge in [0.25, 0.3) is 0 Å². The second kappa shape index (κ2) is 9.32. The van der Waals surface area contributed by atoms with Gasteiger partial charge in [0.2, 0.25) is 0 Å². The maximum absolute atomic E-state index is 15.0. The topological polar surface area (TPSA) is 73.6 Å². The number of nitriles is 1. The number of hydrogen-bond donors (Lipinski definition) is 1. The molecule has 2 unspecified atom stereocenters. The lowest BCUT2D eigenvalue weighted by molar-refractivity contribution is -0.0906. The molecule has 3 aromatic carbocycles. The predicted molar refractivity (Wildman–Crippen MR) is 137 cm³/mol. The van der Waals surface area contributed by atoms with Gasteiger partial charge in [-0.3, -0.25) is 0 Å². The minimum Gasteiger partial charge on any atom is -0.448 e. The molecular formula is C31H29FN2O3. The summed E-state index contributed by atoms with van der Waals surface area (Å²) >= 11 is 0. The van der Waals surface area contributed by atoms with Crippen molar-refractivity contribution in [1.82, 2.24) is 4.90 Å². The molecule has 0 saturated carbocycles. The standard InChI is InChI=1S/C31H29FN2O3/c32-29-16-20(14-15-33)12-13-28(29)31(36)17-21-6-5-7-22(18-31)34(21)30(35)37-19-27-25-10-3-1-8-23(25)24-9-2-4-11-26(24)27/h1-4,8-13,16,21-22,27,36H,5-7,14,17-19H2. The smallest absolute Gasteiger partial charge is 0.410 e. The number of amides is 1. The van der Waals surface area contributed by atoms with E-state index in [9.17, 15) is 14.3 Å². The van der Waals surface area contributed by atoms with Gasteiger partial charge in [-0.1, -0.05) is 60.7 Å². The molecule has 37 heavy (non-hydrogen) atoms. The third-order valence-electron chi connectivity index (χ3n) is 8.37. The number of rotatable bonds is 4. The highest BCUT2D eigenvalue weighted by Gasteiger charge is 2.49. The van der Waals surface area contributed by atoms with Gasteiger partial charge in [0.1, 0.15) is 12.4 Å². The molecule has 2 heterocycles. The van der Waals surface area contributed by atoms with Crippen molar-refractivity contribution in [2.24, 2.45) is 0 Å². The molecule has 3 aliphatic rings. The first-order valence-corrected chi connectivity index (χ1v) is 13.0. The molecule has 3 aromatic rings. The van der Waals surface area contributed by atoms with Crippen molar-refractivity contribution in [3.8, 4) is 17.2 Å². The van der Waals surface area contributed by atoms with Gasteiger partial charge < -0.3 is 14.7 Å². The molecule has 0 radical (unpaired) electrons. The summed E-state index contributed by atoms with van der Waals surface area (Å²) in [5, 5.41) is 20.5. The van der Waals surface area contributed by atoms with Crippen LogP contribution in [0.1, 0.15) is 60.3 Å². The van der Waals surface area contributed by atoms with Crippen LogP contribution in [0.4, 0.5) is 9.18 Å². The number of nitrogens with zero attached hydrogens (tertiary/aromatic N) is 2. The van der Waals surface area contributed by atoms with Crippen LogP contribution in [0.5, 0.6) is 0 Å². The fraction of sp³-hybridized carbons (Fsp3) is 0.355. The van der Waals surface area contributed by atoms with Crippen LogP contribution < -0.4 is 0 Å². The lowest BCUT2D eigenvalue weighted by Gasteiger charge is -2.51. The van der Waals surface area contributed by atoms with E-state index in [0.29, 0.717) is 5.56 Å². The van der Waals surface area contributed by atoms with Gasteiger partial charge in [0.05, 0.1) is 18.1 Å². The SMILES string of the molecule is N#CCc1ccc(C2(O)CC3CCCC(C2)N3C(=O)OCC2c3ccccc3-c3ccccc32)c(F)c1. The maximum Gasteiger partial charge on any atom is 0.410 e. The van der Waals surface area contributed by atoms with Crippen LogP contribution in [0.15, 0.2) is 66.7 Å². The Balaban J connectivity index is 1.20. The highest BCUT2D eigenvalue weighted by molar-refractivity contribution is 5.79. The molecule has 0 spiro atoms. The summed E-state index contributed by atoms with van der Waals surface area (Å²) in [5.74, 6) is -0.512. The molecule has 2 aliphatic heterocycles. The first-order chi connectivity index (χ1) is 18.0. The van der Waals surface area contributed by atoms with Crippen molar-refractivity contribution in [3.05, 3.63) is 94.8 Å². The van der Waals surface area contributed by atoms with Crippen molar-refractivity contribution in [2.75, 3.05) is 6.61 Å². The van der Waals surface area contributed by atoms with Crippen molar-refractivity contribution < 1.29 is 19.0 Å². The molecule has 2 fully saturated rings. The van der Waals surface area contributed by atoms with Crippen molar-refractivity contribution in [3.63, 3.8) is 0 Å². The van der Waals surface area contributed by atoms with Crippen molar-refractivity contribution >= 4 is 6.09 Å². The Bertz CT molecular complexity index is 1340. The summed E-state index contributed by atoms with van der Waals surface area (Å²) in [4.78, 5) is 15.2. The summed E-state index contributed by atoms with van der Waals surface area (Å²) < 4.78 is 21.0. The van der Waals surface area contributed by atoms with Gasteiger partial charge in [0, 0.05) is 36.4 Å². The first kappa shape index (κ1) is 23.7. The zero-order valence-corrected chi connectivity index (χ0v) is 20.6. The minimum atomic E-state index is -1.36. The van der Waals surface area contributed by atoms with Crippen LogP contribution in [-0.4, -0.2) is 34.8 Å². The number of halogens is 1. The number of piperidine rings is 2. The molecule has 1 amide bonds. The zero-order chi connectivity index (χ0) is 25.6. The normalized spacial score (nSPS) is 24.2.